The molecular formula is C18H21F3N2O5S2. The van der Waals surface area contributed by atoms with Crippen LogP contribution in [-0.4, -0.2) is 29.2 Å². The molecule has 30 heavy (non-hydrogen) atoms. The highest BCUT2D eigenvalue weighted by atomic mass is 32.2. The van der Waals surface area contributed by atoms with Crippen LogP contribution in [-0.2, 0) is 32.3 Å². The molecule has 0 atom stereocenters. The molecule has 0 aliphatic rings. The second-order valence-electron chi connectivity index (χ2n) is 6.64. The van der Waals surface area contributed by atoms with Crippen LogP contribution in [0, 0.1) is 0 Å². The van der Waals surface area contributed by atoms with E-state index in [2.05, 4.69) is 14.2 Å². The SMILES string of the molecule is CC(C)NS(=O)(=O)Cc1ccccc1CNS(=O)(=O)c1ccc(OC(F)(F)F)cc1. The maximum absolute atomic E-state index is 12.4. The van der Waals surface area contributed by atoms with Gasteiger partial charge in [0.25, 0.3) is 0 Å². The van der Waals surface area contributed by atoms with E-state index in [1.165, 1.54) is 0 Å². The Kier molecular flexibility index (Phi) is 7.50. The van der Waals surface area contributed by atoms with Crippen molar-refractivity contribution >= 4 is 20.0 Å². The molecule has 0 fully saturated rings. The first kappa shape index (κ1) is 24.1. The van der Waals surface area contributed by atoms with Gasteiger partial charge in [0.15, 0.2) is 0 Å². The summed E-state index contributed by atoms with van der Waals surface area (Å²) < 4.78 is 94.3. The Labute approximate surface area is 173 Å². The first-order valence-electron chi connectivity index (χ1n) is 8.70. The Morgan fingerprint density at radius 2 is 1.50 bits per heavy atom. The van der Waals surface area contributed by atoms with Gasteiger partial charge >= 0.3 is 6.36 Å². The van der Waals surface area contributed by atoms with E-state index in [4.69, 9.17) is 0 Å². The van der Waals surface area contributed by atoms with Crippen LogP contribution in [0.1, 0.15) is 25.0 Å². The van der Waals surface area contributed by atoms with Crippen molar-refractivity contribution in [2.75, 3.05) is 0 Å². The van der Waals surface area contributed by atoms with E-state index < -0.39 is 32.2 Å². The molecule has 0 unspecified atom stereocenters. The van der Waals surface area contributed by atoms with Crippen molar-refractivity contribution in [3.05, 3.63) is 59.7 Å². The first-order valence-corrected chi connectivity index (χ1v) is 11.8. The highest BCUT2D eigenvalue weighted by Gasteiger charge is 2.31. The molecule has 0 aliphatic heterocycles. The van der Waals surface area contributed by atoms with E-state index in [1.54, 1.807) is 38.1 Å². The van der Waals surface area contributed by atoms with Gasteiger partial charge in [-0.25, -0.2) is 26.3 Å². The van der Waals surface area contributed by atoms with Gasteiger partial charge in [-0.2, -0.15) is 0 Å². The fourth-order valence-corrected chi connectivity index (χ4v) is 5.05. The van der Waals surface area contributed by atoms with Gasteiger partial charge in [-0.1, -0.05) is 24.3 Å². The van der Waals surface area contributed by atoms with Crippen molar-refractivity contribution in [2.24, 2.45) is 0 Å². The Morgan fingerprint density at radius 3 is 2.03 bits per heavy atom. The van der Waals surface area contributed by atoms with Gasteiger partial charge in [0, 0.05) is 12.6 Å². The summed E-state index contributed by atoms with van der Waals surface area (Å²) in [5.41, 5.74) is 0.870. The van der Waals surface area contributed by atoms with E-state index in [9.17, 15) is 30.0 Å². The Bertz CT molecular complexity index is 1070. The second-order valence-corrected chi connectivity index (χ2v) is 10.2. The largest absolute Gasteiger partial charge is 0.573 e. The summed E-state index contributed by atoms with van der Waals surface area (Å²) in [5, 5.41) is 0. The van der Waals surface area contributed by atoms with Crippen LogP contribution in [0.25, 0.3) is 0 Å². The maximum atomic E-state index is 12.4. The molecule has 2 N–H and O–H groups in total. The van der Waals surface area contributed by atoms with Gasteiger partial charge in [-0.05, 0) is 49.2 Å². The monoisotopic (exact) mass is 466 g/mol. The molecule has 0 radical (unpaired) electrons. The minimum atomic E-state index is -4.88. The number of hydrogen-bond acceptors (Lipinski definition) is 5. The van der Waals surface area contributed by atoms with Crippen LogP contribution in [0.15, 0.2) is 53.4 Å². The molecule has 166 valence electrons. The molecule has 0 bridgehead atoms. The molecule has 0 heterocycles. The van der Waals surface area contributed by atoms with Crippen molar-refractivity contribution in [2.45, 2.75) is 43.4 Å². The van der Waals surface area contributed by atoms with Crippen LogP contribution in [0.3, 0.4) is 0 Å². The molecule has 2 aromatic rings. The summed E-state index contributed by atoms with van der Waals surface area (Å²) in [5.74, 6) is -0.873. The molecular weight excluding hydrogens is 445 g/mol. The summed E-state index contributed by atoms with van der Waals surface area (Å²) in [6, 6.07) is 9.88. The average molecular weight is 467 g/mol. The summed E-state index contributed by atoms with van der Waals surface area (Å²) in [6.45, 7) is 3.17. The lowest BCUT2D eigenvalue weighted by Crippen LogP contribution is -2.32. The molecule has 0 aromatic heterocycles. The third-order valence-corrected chi connectivity index (χ3v) is 6.64. The maximum Gasteiger partial charge on any atom is 0.573 e. The molecule has 0 saturated carbocycles. The number of nitrogens with one attached hydrogen (secondary N) is 2. The molecule has 0 spiro atoms. The summed E-state index contributed by atoms with van der Waals surface area (Å²) in [7, 11) is -7.67. The van der Waals surface area contributed by atoms with Crippen molar-refractivity contribution in [1.29, 1.82) is 0 Å². The van der Waals surface area contributed by atoms with Gasteiger partial charge in [-0.3, -0.25) is 0 Å². The fraction of sp³-hybridized carbons (Fsp3) is 0.333. The normalized spacial score (nSPS) is 12.9. The second kappa shape index (κ2) is 9.33. The summed E-state index contributed by atoms with van der Waals surface area (Å²) in [6.07, 6.45) is -4.88. The van der Waals surface area contributed by atoms with Gasteiger partial charge in [0.1, 0.15) is 5.75 Å². The van der Waals surface area contributed by atoms with E-state index in [1.807, 2.05) is 0 Å². The first-order chi connectivity index (χ1) is 13.8. The number of rotatable bonds is 9. The molecule has 7 nitrogen and oxygen atoms in total. The third kappa shape index (κ3) is 7.59. The minimum absolute atomic E-state index is 0.198. The van der Waals surface area contributed by atoms with E-state index in [0.29, 0.717) is 11.1 Å². The average Bonchev–Trinajstić information content (AvgIpc) is 2.58. The number of alkyl halides is 3. The zero-order chi connectivity index (χ0) is 22.6. The lowest BCUT2D eigenvalue weighted by atomic mass is 10.1. The van der Waals surface area contributed by atoms with Crippen LogP contribution >= 0.6 is 0 Å². The van der Waals surface area contributed by atoms with Crippen molar-refractivity contribution in [3.8, 4) is 5.75 Å². The van der Waals surface area contributed by atoms with Crippen LogP contribution in [0.2, 0.25) is 0 Å². The lowest BCUT2D eigenvalue weighted by molar-refractivity contribution is -0.274. The van der Waals surface area contributed by atoms with E-state index >= 15 is 0 Å². The topological polar surface area (TPSA) is 102 Å². The molecule has 0 saturated heterocycles. The third-order valence-electron chi connectivity index (χ3n) is 3.70. The number of ether oxygens (including phenoxy) is 1. The van der Waals surface area contributed by atoms with Crippen LogP contribution < -0.4 is 14.2 Å². The van der Waals surface area contributed by atoms with Crippen molar-refractivity contribution < 1.29 is 34.7 Å². The van der Waals surface area contributed by atoms with Crippen LogP contribution in [0.5, 0.6) is 5.75 Å². The highest BCUT2D eigenvalue weighted by molar-refractivity contribution is 7.89. The Balaban J connectivity index is 2.13. The molecule has 12 heteroatoms. The van der Waals surface area contributed by atoms with Gasteiger partial charge in [-0.15, -0.1) is 13.2 Å². The van der Waals surface area contributed by atoms with Gasteiger partial charge in [0.2, 0.25) is 20.0 Å². The number of halogens is 3. The summed E-state index contributed by atoms with van der Waals surface area (Å²) in [4.78, 5) is -0.261. The minimum Gasteiger partial charge on any atom is -0.406 e. The number of hydrogen-bond donors (Lipinski definition) is 2. The lowest BCUT2D eigenvalue weighted by Gasteiger charge is -2.14. The quantitative estimate of drug-likeness (QED) is 0.592. The molecule has 0 amide bonds. The zero-order valence-electron chi connectivity index (χ0n) is 16.1. The predicted octanol–water partition coefficient (Wildman–Crippen LogP) is 2.89. The number of benzene rings is 2. The Hall–Kier alpha value is -2.15. The van der Waals surface area contributed by atoms with Crippen LogP contribution in [0.4, 0.5) is 13.2 Å². The molecule has 2 aromatic carbocycles. The molecule has 0 aliphatic carbocycles. The Morgan fingerprint density at radius 1 is 0.933 bits per heavy atom. The van der Waals surface area contributed by atoms with Gasteiger partial charge < -0.3 is 4.74 Å². The smallest absolute Gasteiger partial charge is 0.406 e. The zero-order valence-corrected chi connectivity index (χ0v) is 17.7. The summed E-state index contributed by atoms with van der Waals surface area (Å²) >= 11 is 0. The fourth-order valence-electron chi connectivity index (χ4n) is 2.55. The molecule has 2 rings (SSSR count). The van der Waals surface area contributed by atoms with E-state index in [-0.39, 0.29) is 23.2 Å². The standard InChI is InChI=1S/C18H21F3N2O5S2/c1-13(2)23-29(24,25)12-15-6-4-3-5-14(15)11-22-30(26,27)17-9-7-16(8-10-17)28-18(19,20)21/h3-10,13,22-23H,11-12H2,1-2H3. The predicted molar refractivity (Wildman–Crippen MR) is 104 cm³/mol. The van der Waals surface area contributed by atoms with Crippen molar-refractivity contribution in [1.82, 2.24) is 9.44 Å². The highest BCUT2D eigenvalue weighted by Crippen LogP contribution is 2.24. The van der Waals surface area contributed by atoms with E-state index in [0.717, 1.165) is 24.3 Å². The number of sulfonamides is 2. The van der Waals surface area contributed by atoms with Crippen molar-refractivity contribution in [3.63, 3.8) is 0 Å². The van der Waals surface area contributed by atoms with Gasteiger partial charge in [0.05, 0.1) is 10.6 Å².